The van der Waals surface area contributed by atoms with Gasteiger partial charge in [-0.3, -0.25) is 4.99 Å². The maximum Gasteiger partial charge on any atom is 0.193 e. The molecule has 1 unspecified atom stereocenters. The van der Waals surface area contributed by atoms with E-state index < -0.39 is 0 Å². The Labute approximate surface area is 135 Å². The Bertz CT molecular complexity index is 257. The van der Waals surface area contributed by atoms with Gasteiger partial charge in [-0.2, -0.15) is 0 Å². The molecule has 0 aliphatic carbocycles. The van der Waals surface area contributed by atoms with Crippen molar-refractivity contribution in [3.05, 3.63) is 0 Å². The van der Waals surface area contributed by atoms with Crippen molar-refractivity contribution in [3.63, 3.8) is 0 Å². The molecule has 1 fully saturated rings. The van der Waals surface area contributed by atoms with E-state index in [1.807, 2.05) is 7.05 Å². The van der Waals surface area contributed by atoms with Crippen LogP contribution in [0, 0.1) is 11.8 Å². The van der Waals surface area contributed by atoms with E-state index in [1.54, 1.807) is 7.11 Å². The minimum absolute atomic E-state index is 0. The zero-order valence-corrected chi connectivity index (χ0v) is 15.1. The Balaban J connectivity index is 0.00000324. The zero-order chi connectivity index (χ0) is 13.4. The summed E-state index contributed by atoms with van der Waals surface area (Å²) in [6, 6.07) is 0. The number of halogens is 1. The summed E-state index contributed by atoms with van der Waals surface area (Å²) in [5, 5.41) is 3.51. The van der Waals surface area contributed by atoms with Gasteiger partial charge in [-0.1, -0.05) is 26.7 Å². The first kappa shape index (κ1) is 19.0. The lowest BCUT2D eigenvalue weighted by Crippen LogP contribution is -2.42. The van der Waals surface area contributed by atoms with Gasteiger partial charge in [-0.25, -0.2) is 0 Å². The Morgan fingerprint density at radius 1 is 1.42 bits per heavy atom. The molecule has 1 N–H and O–H groups in total. The topological polar surface area (TPSA) is 36.9 Å². The van der Waals surface area contributed by atoms with Gasteiger partial charge in [0.25, 0.3) is 0 Å². The molecule has 0 spiro atoms. The highest BCUT2D eigenvalue weighted by Gasteiger charge is 2.24. The number of guanidine groups is 1. The monoisotopic (exact) mass is 383 g/mol. The standard InChI is InChI=1S/C14H29N3O.HI/c1-5-12(6-2)9-16-14(15-3)17-8-7-13(10-17)11-18-4;/h12-13H,5-11H2,1-4H3,(H,15,16);1H. The fourth-order valence-electron chi connectivity index (χ4n) is 2.54. The number of hydrogen-bond acceptors (Lipinski definition) is 2. The van der Waals surface area contributed by atoms with E-state index in [9.17, 15) is 0 Å². The van der Waals surface area contributed by atoms with Crippen molar-refractivity contribution in [1.82, 2.24) is 10.2 Å². The van der Waals surface area contributed by atoms with E-state index in [0.29, 0.717) is 5.92 Å². The fourth-order valence-corrected chi connectivity index (χ4v) is 2.54. The van der Waals surface area contributed by atoms with Crippen LogP contribution in [-0.2, 0) is 4.74 Å². The SMILES string of the molecule is CCC(CC)CNC(=NC)N1CCC(COC)C1.I. The molecule has 0 bridgehead atoms. The van der Waals surface area contributed by atoms with Crippen molar-refractivity contribution in [3.8, 4) is 0 Å². The summed E-state index contributed by atoms with van der Waals surface area (Å²) in [4.78, 5) is 6.75. The minimum atomic E-state index is 0. The Kier molecular flexibility index (Phi) is 10.7. The average Bonchev–Trinajstić information content (AvgIpc) is 2.84. The van der Waals surface area contributed by atoms with Crippen molar-refractivity contribution < 1.29 is 4.74 Å². The van der Waals surface area contributed by atoms with E-state index in [-0.39, 0.29) is 24.0 Å². The molecular formula is C14H30IN3O. The number of nitrogens with zero attached hydrogens (tertiary/aromatic N) is 2. The lowest BCUT2D eigenvalue weighted by molar-refractivity contribution is 0.157. The van der Waals surface area contributed by atoms with Crippen LogP contribution in [0.4, 0.5) is 0 Å². The van der Waals surface area contributed by atoms with Gasteiger partial charge in [0.05, 0.1) is 6.61 Å². The van der Waals surface area contributed by atoms with Crippen molar-refractivity contribution in [2.75, 3.05) is 40.4 Å². The molecule has 0 aromatic rings. The third-order valence-electron chi connectivity index (χ3n) is 3.90. The number of hydrogen-bond donors (Lipinski definition) is 1. The third kappa shape index (κ3) is 6.29. The Hall–Kier alpha value is -0.0400. The first-order valence-corrected chi connectivity index (χ1v) is 7.19. The van der Waals surface area contributed by atoms with E-state index in [2.05, 4.69) is 29.1 Å². The van der Waals surface area contributed by atoms with Crippen LogP contribution in [0.1, 0.15) is 33.1 Å². The lowest BCUT2D eigenvalue weighted by Gasteiger charge is -2.23. The molecule has 1 aliphatic heterocycles. The molecule has 0 amide bonds. The highest BCUT2D eigenvalue weighted by atomic mass is 127. The van der Waals surface area contributed by atoms with Crippen molar-refractivity contribution in [1.29, 1.82) is 0 Å². The van der Waals surface area contributed by atoms with Crippen LogP contribution in [0.5, 0.6) is 0 Å². The molecule has 1 saturated heterocycles. The van der Waals surface area contributed by atoms with Crippen LogP contribution in [0.25, 0.3) is 0 Å². The molecule has 0 radical (unpaired) electrons. The normalized spacial score (nSPS) is 19.7. The van der Waals surface area contributed by atoms with Gasteiger partial charge >= 0.3 is 0 Å². The summed E-state index contributed by atoms with van der Waals surface area (Å²) in [7, 11) is 3.65. The third-order valence-corrected chi connectivity index (χ3v) is 3.90. The lowest BCUT2D eigenvalue weighted by atomic mass is 10.0. The second-order valence-electron chi connectivity index (χ2n) is 5.17. The van der Waals surface area contributed by atoms with Crippen molar-refractivity contribution >= 4 is 29.9 Å². The Morgan fingerprint density at radius 2 is 2.11 bits per heavy atom. The first-order chi connectivity index (χ1) is 8.74. The van der Waals surface area contributed by atoms with Gasteiger partial charge in [-0.15, -0.1) is 24.0 Å². The molecule has 5 heteroatoms. The summed E-state index contributed by atoms with van der Waals surface area (Å²) < 4.78 is 5.23. The average molecular weight is 383 g/mol. The molecule has 114 valence electrons. The molecule has 1 aliphatic rings. The maximum absolute atomic E-state index is 5.23. The summed E-state index contributed by atoms with van der Waals surface area (Å²) in [6.45, 7) is 8.56. The van der Waals surface area contributed by atoms with Crippen LogP contribution >= 0.6 is 24.0 Å². The van der Waals surface area contributed by atoms with Crippen LogP contribution in [-0.4, -0.2) is 51.3 Å². The quantitative estimate of drug-likeness (QED) is 0.435. The van der Waals surface area contributed by atoms with Crippen LogP contribution in [0.15, 0.2) is 4.99 Å². The fraction of sp³-hybridized carbons (Fsp3) is 0.929. The van der Waals surface area contributed by atoms with Crippen LogP contribution < -0.4 is 5.32 Å². The Morgan fingerprint density at radius 3 is 2.63 bits per heavy atom. The number of likely N-dealkylation sites (tertiary alicyclic amines) is 1. The number of ether oxygens (including phenoxy) is 1. The predicted molar refractivity (Wildman–Crippen MR) is 92.4 cm³/mol. The molecule has 0 saturated carbocycles. The molecule has 19 heavy (non-hydrogen) atoms. The predicted octanol–water partition coefficient (Wildman–Crippen LogP) is 2.58. The highest BCUT2D eigenvalue weighted by Crippen LogP contribution is 2.16. The van der Waals surface area contributed by atoms with Gasteiger partial charge < -0.3 is 15.0 Å². The van der Waals surface area contributed by atoms with Gasteiger partial charge in [0, 0.05) is 39.7 Å². The number of nitrogens with one attached hydrogen (secondary N) is 1. The van der Waals surface area contributed by atoms with E-state index in [4.69, 9.17) is 4.74 Å². The van der Waals surface area contributed by atoms with Crippen LogP contribution in [0.3, 0.4) is 0 Å². The van der Waals surface area contributed by atoms with Gasteiger partial charge in [-0.05, 0) is 12.3 Å². The van der Waals surface area contributed by atoms with Gasteiger partial charge in [0.15, 0.2) is 5.96 Å². The maximum atomic E-state index is 5.23. The summed E-state index contributed by atoms with van der Waals surface area (Å²) in [5.74, 6) is 2.46. The molecule has 1 rings (SSSR count). The van der Waals surface area contributed by atoms with E-state index >= 15 is 0 Å². The minimum Gasteiger partial charge on any atom is -0.384 e. The molecule has 1 heterocycles. The molecule has 0 aromatic heterocycles. The molecule has 1 atom stereocenters. The van der Waals surface area contributed by atoms with E-state index in [1.165, 1.54) is 19.3 Å². The molecule has 0 aromatic carbocycles. The van der Waals surface area contributed by atoms with Gasteiger partial charge in [0.2, 0.25) is 0 Å². The zero-order valence-electron chi connectivity index (χ0n) is 12.8. The largest absolute Gasteiger partial charge is 0.384 e. The van der Waals surface area contributed by atoms with Crippen molar-refractivity contribution in [2.24, 2.45) is 16.8 Å². The number of aliphatic imine (C=N–C) groups is 1. The van der Waals surface area contributed by atoms with Gasteiger partial charge in [0.1, 0.15) is 0 Å². The smallest absolute Gasteiger partial charge is 0.193 e. The second kappa shape index (κ2) is 10.7. The summed E-state index contributed by atoms with van der Waals surface area (Å²) >= 11 is 0. The van der Waals surface area contributed by atoms with Crippen molar-refractivity contribution in [2.45, 2.75) is 33.1 Å². The first-order valence-electron chi connectivity index (χ1n) is 7.19. The number of rotatable bonds is 6. The van der Waals surface area contributed by atoms with E-state index in [0.717, 1.165) is 38.1 Å². The number of methoxy groups -OCH3 is 1. The highest BCUT2D eigenvalue weighted by molar-refractivity contribution is 14.0. The van der Waals surface area contributed by atoms with Crippen LogP contribution in [0.2, 0.25) is 0 Å². The molecular weight excluding hydrogens is 353 g/mol. The molecule has 4 nitrogen and oxygen atoms in total. The summed E-state index contributed by atoms with van der Waals surface area (Å²) in [5.41, 5.74) is 0. The summed E-state index contributed by atoms with van der Waals surface area (Å²) in [6.07, 6.45) is 3.67. The second-order valence-corrected chi connectivity index (χ2v) is 5.17.